The van der Waals surface area contributed by atoms with Crippen molar-refractivity contribution < 1.29 is 0 Å². The molecule has 0 saturated heterocycles. The summed E-state index contributed by atoms with van der Waals surface area (Å²) in [6.07, 6.45) is 0.756. The molecule has 6 heteroatoms. The van der Waals surface area contributed by atoms with Crippen molar-refractivity contribution in [3.63, 3.8) is 0 Å². The van der Waals surface area contributed by atoms with Crippen LogP contribution in [0.15, 0.2) is 42.5 Å². The first kappa shape index (κ1) is 14.0. The van der Waals surface area contributed by atoms with E-state index in [1.54, 1.807) is 6.07 Å². The molecule has 4 nitrogen and oxygen atoms in total. The topological polar surface area (TPSA) is 50.7 Å². The number of nitrogens with one attached hydrogen (secondary N) is 1. The van der Waals surface area contributed by atoms with Crippen LogP contribution in [0, 0.1) is 0 Å². The van der Waals surface area contributed by atoms with E-state index in [9.17, 15) is 0 Å². The highest BCUT2D eigenvalue weighted by Gasteiger charge is 2.03. The molecule has 2 aromatic carbocycles. The van der Waals surface area contributed by atoms with E-state index in [0.29, 0.717) is 22.5 Å². The lowest BCUT2D eigenvalue weighted by Crippen LogP contribution is -2.09. The molecule has 3 aromatic rings. The fourth-order valence-electron chi connectivity index (χ4n) is 1.99. The van der Waals surface area contributed by atoms with Gasteiger partial charge >= 0.3 is 0 Å². The molecular formula is C15H12Cl2N4. The largest absolute Gasteiger partial charge is 0.353 e. The zero-order chi connectivity index (χ0) is 14.7. The van der Waals surface area contributed by atoms with Gasteiger partial charge < -0.3 is 5.32 Å². The molecule has 0 amide bonds. The summed E-state index contributed by atoms with van der Waals surface area (Å²) >= 11 is 12.0. The van der Waals surface area contributed by atoms with Crippen molar-refractivity contribution in [3.8, 4) is 0 Å². The third-order valence-corrected chi connectivity index (χ3v) is 3.64. The molecule has 1 aromatic heterocycles. The average Bonchev–Trinajstić information content (AvgIpc) is 2.49. The zero-order valence-corrected chi connectivity index (χ0v) is 12.6. The standard InChI is InChI=1S/C15H12Cl2N4/c16-11-6-5-10(12(17)9-11)7-8-18-15-19-13-3-1-2-4-14(13)20-21-15/h1-6,9H,7-8H2,(H,18,19,21). The summed E-state index contributed by atoms with van der Waals surface area (Å²) in [5, 5.41) is 12.6. The van der Waals surface area contributed by atoms with E-state index in [0.717, 1.165) is 23.0 Å². The Morgan fingerprint density at radius 3 is 2.57 bits per heavy atom. The summed E-state index contributed by atoms with van der Waals surface area (Å²) < 4.78 is 0. The van der Waals surface area contributed by atoms with Gasteiger partial charge in [-0.05, 0) is 36.2 Å². The maximum Gasteiger partial charge on any atom is 0.243 e. The quantitative estimate of drug-likeness (QED) is 0.790. The molecule has 0 aliphatic heterocycles. The Morgan fingerprint density at radius 2 is 1.76 bits per heavy atom. The van der Waals surface area contributed by atoms with E-state index < -0.39 is 0 Å². The van der Waals surface area contributed by atoms with Gasteiger partial charge in [0.1, 0.15) is 5.52 Å². The van der Waals surface area contributed by atoms with Gasteiger partial charge in [0.2, 0.25) is 5.95 Å². The molecule has 0 bridgehead atoms. The molecule has 0 atom stereocenters. The number of hydrogen-bond acceptors (Lipinski definition) is 4. The van der Waals surface area contributed by atoms with Crippen LogP contribution in [-0.4, -0.2) is 21.7 Å². The van der Waals surface area contributed by atoms with E-state index in [2.05, 4.69) is 20.5 Å². The van der Waals surface area contributed by atoms with Crippen LogP contribution in [0.1, 0.15) is 5.56 Å². The first-order valence-electron chi connectivity index (χ1n) is 6.49. The summed E-state index contributed by atoms with van der Waals surface area (Å²) in [5.74, 6) is 0.513. The highest BCUT2D eigenvalue weighted by molar-refractivity contribution is 6.35. The summed E-state index contributed by atoms with van der Waals surface area (Å²) in [6, 6.07) is 13.1. The van der Waals surface area contributed by atoms with Crippen LogP contribution in [0.25, 0.3) is 11.0 Å². The number of nitrogens with zero attached hydrogens (tertiary/aromatic N) is 3. The molecule has 0 aliphatic rings. The summed E-state index contributed by atoms with van der Waals surface area (Å²) in [6.45, 7) is 0.668. The normalized spacial score (nSPS) is 10.8. The lowest BCUT2D eigenvalue weighted by molar-refractivity contribution is 0.952. The van der Waals surface area contributed by atoms with Crippen LogP contribution in [0.5, 0.6) is 0 Å². The zero-order valence-electron chi connectivity index (χ0n) is 11.1. The number of aromatic nitrogens is 3. The highest BCUT2D eigenvalue weighted by atomic mass is 35.5. The van der Waals surface area contributed by atoms with Crippen LogP contribution in [0.2, 0.25) is 10.0 Å². The second-order valence-corrected chi connectivity index (χ2v) is 5.38. The molecule has 0 aliphatic carbocycles. The lowest BCUT2D eigenvalue weighted by atomic mass is 10.1. The maximum atomic E-state index is 6.13. The lowest BCUT2D eigenvalue weighted by Gasteiger charge is -2.07. The minimum atomic E-state index is 0.513. The molecule has 0 spiro atoms. The summed E-state index contributed by atoms with van der Waals surface area (Å²) in [5.41, 5.74) is 2.63. The van der Waals surface area contributed by atoms with Gasteiger partial charge in [-0.2, -0.15) is 0 Å². The minimum Gasteiger partial charge on any atom is -0.353 e. The van der Waals surface area contributed by atoms with E-state index in [1.807, 2.05) is 36.4 Å². The number of rotatable bonds is 4. The van der Waals surface area contributed by atoms with Gasteiger partial charge in [-0.15, -0.1) is 10.2 Å². The van der Waals surface area contributed by atoms with E-state index in [4.69, 9.17) is 23.2 Å². The van der Waals surface area contributed by atoms with Crippen molar-refractivity contribution in [1.29, 1.82) is 0 Å². The fourth-order valence-corrected chi connectivity index (χ4v) is 2.49. The Balaban J connectivity index is 1.66. The first-order valence-corrected chi connectivity index (χ1v) is 7.25. The third kappa shape index (κ3) is 3.40. The van der Waals surface area contributed by atoms with Gasteiger partial charge in [-0.25, -0.2) is 4.98 Å². The molecular weight excluding hydrogens is 307 g/mol. The first-order chi connectivity index (χ1) is 10.2. The molecule has 0 fully saturated rings. The maximum absolute atomic E-state index is 6.13. The Kier molecular flexibility index (Phi) is 4.18. The van der Waals surface area contributed by atoms with Crippen molar-refractivity contribution in [2.45, 2.75) is 6.42 Å². The Bertz CT molecular complexity index is 776. The fraction of sp³-hybridized carbons (Fsp3) is 0.133. The Labute approximate surface area is 132 Å². The molecule has 3 rings (SSSR count). The van der Waals surface area contributed by atoms with Crippen molar-refractivity contribution >= 4 is 40.2 Å². The van der Waals surface area contributed by atoms with Gasteiger partial charge in [0.25, 0.3) is 0 Å². The highest BCUT2D eigenvalue weighted by Crippen LogP contribution is 2.21. The molecule has 0 radical (unpaired) electrons. The predicted molar refractivity (Wildman–Crippen MR) is 86.0 cm³/mol. The Morgan fingerprint density at radius 1 is 0.952 bits per heavy atom. The predicted octanol–water partition coefficient (Wildman–Crippen LogP) is 3.99. The van der Waals surface area contributed by atoms with E-state index in [-0.39, 0.29) is 0 Å². The van der Waals surface area contributed by atoms with Crippen molar-refractivity contribution in [2.75, 3.05) is 11.9 Å². The molecule has 106 valence electrons. The molecule has 21 heavy (non-hydrogen) atoms. The summed E-state index contributed by atoms with van der Waals surface area (Å²) in [4.78, 5) is 4.40. The van der Waals surface area contributed by atoms with Crippen molar-refractivity contribution in [3.05, 3.63) is 58.1 Å². The van der Waals surface area contributed by atoms with Gasteiger partial charge in [0.15, 0.2) is 0 Å². The number of halogens is 2. The van der Waals surface area contributed by atoms with Crippen LogP contribution < -0.4 is 5.32 Å². The number of anilines is 1. The van der Waals surface area contributed by atoms with Gasteiger partial charge in [0, 0.05) is 16.6 Å². The Hall–Kier alpha value is -1.91. The van der Waals surface area contributed by atoms with E-state index >= 15 is 0 Å². The second kappa shape index (κ2) is 6.24. The van der Waals surface area contributed by atoms with Gasteiger partial charge in [-0.1, -0.05) is 41.4 Å². The van der Waals surface area contributed by atoms with Crippen molar-refractivity contribution in [1.82, 2.24) is 15.2 Å². The van der Waals surface area contributed by atoms with Gasteiger partial charge in [-0.3, -0.25) is 0 Å². The molecule has 0 unspecified atom stereocenters. The molecule has 1 heterocycles. The van der Waals surface area contributed by atoms with E-state index in [1.165, 1.54) is 0 Å². The number of benzene rings is 2. The number of hydrogen-bond donors (Lipinski definition) is 1. The second-order valence-electron chi connectivity index (χ2n) is 4.54. The smallest absolute Gasteiger partial charge is 0.243 e. The third-order valence-electron chi connectivity index (χ3n) is 3.05. The average molecular weight is 319 g/mol. The number of para-hydroxylation sites is 1. The molecule has 0 saturated carbocycles. The van der Waals surface area contributed by atoms with Gasteiger partial charge in [0.05, 0.1) is 5.52 Å². The molecule has 1 N–H and O–H groups in total. The number of fused-ring (bicyclic) bond motifs is 1. The minimum absolute atomic E-state index is 0.513. The van der Waals surface area contributed by atoms with Crippen LogP contribution >= 0.6 is 23.2 Å². The van der Waals surface area contributed by atoms with Crippen LogP contribution in [-0.2, 0) is 6.42 Å². The SMILES string of the molecule is Clc1ccc(CCNc2nnc3ccccc3n2)c(Cl)c1. The van der Waals surface area contributed by atoms with Crippen molar-refractivity contribution in [2.24, 2.45) is 0 Å². The van der Waals surface area contributed by atoms with Crippen LogP contribution in [0.4, 0.5) is 5.95 Å². The van der Waals surface area contributed by atoms with Crippen LogP contribution in [0.3, 0.4) is 0 Å². The summed E-state index contributed by atoms with van der Waals surface area (Å²) in [7, 11) is 0. The monoisotopic (exact) mass is 318 g/mol.